The molecule has 2 heterocycles. The molecule has 2 aliphatic rings. The van der Waals surface area contributed by atoms with Crippen LogP contribution in [0.15, 0.2) is 17.3 Å². The Balaban J connectivity index is 2.27. The lowest BCUT2D eigenvalue weighted by Gasteiger charge is -2.22. The summed E-state index contributed by atoms with van der Waals surface area (Å²) in [7, 11) is 1.85. The molecule has 2 fully saturated rings. The van der Waals surface area contributed by atoms with E-state index in [1.54, 1.807) is 0 Å². The second-order valence-electron chi connectivity index (χ2n) is 2.98. The monoisotopic (exact) mass is 151 g/mol. The maximum absolute atomic E-state index is 4.22. The normalized spacial score (nSPS) is 27.0. The molecule has 2 aliphatic heterocycles. The topological polar surface area (TPSA) is 18.8 Å². The van der Waals surface area contributed by atoms with Crippen molar-refractivity contribution in [1.29, 1.82) is 0 Å². The number of hydrogen-bond acceptors (Lipinski definition) is 2. The molecule has 0 unspecified atom stereocenters. The third-order valence-corrected chi connectivity index (χ3v) is 2.31. The Labute approximate surface area is 67.0 Å². The van der Waals surface area contributed by atoms with E-state index in [2.05, 4.69) is 21.6 Å². The Bertz CT molecular complexity index is 219. The number of aliphatic imine (C=N–C) groups is 1. The lowest BCUT2D eigenvalue weighted by Crippen LogP contribution is -2.31. The van der Waals surface area contributed by atoms with Gasteiger partial charge in [0.25, 0.3) is 0 Å². The predicted octanol–water partition coefficient (Wildman–Crippen LogP) is 0.855. The predicted molar refractivity (Wildman–Crippen MR) is 45.1 cm³/mol. The molecule has 3 nitrogen and oxygen atoms in total. The SMILES string of the molecule is C=C1C/C(=N\C)N2CCCN12. The van der Waals surface area contributed by atoms with Crippen molar-refractivity contribution in [3.05, 3.63) is 12.3 Å². The molecule has 0 amide bonds. The highest BCUT2D eigenvalue weighted by molar-refractivity contribution is 5.86. The fraction of sp³-hybridized carbons (Fsp3) is 0.625. The number of amidine groups is 1. The number of hydrogen-bond donors (Lipinski definition) is 0. The highest BCUT2D eigenvalue weighted by atomic mass is 15.7. The molecule has 11 heavy (non-hydrogen) atoms. The van der Waals surface area contributed by atoms with Gasteiger partial charge in [0.05, 0.1) is 0 Å². The van der Waals surface area contributed by atoms with Crippen LogP contribution in [-0.2, 0) is 0 Å². The van der Waals surface area contributed by atoms with Crippen LogP contribution >= 0.6 is 0 Å². The Morgan fingerprint density at radius 2 is 2.09 bits per heavy atom. The quantitative estimate of drug-likeness (QED) is 0.511. The first-order valence-electron chi connectivity index (χ1n) is 4.01. The fourth-order valence-corrected chi connectivity index (χ4v) is 1.77. The first-order valence-corrected chi connectivity index (χ1v) is 4.01. The molecule has 0 spiro atoms. The lowest BCUT2D eigenvalue weighted by atomic mass is 10.3. The van der Waals surface area contributed by atoms with Gasteiger partial charge in [-0.2, -0.15) is 0 Å². The summed E-state index contributed by atoms with van der Waals surface area (Å²) in [6.45, 7) is 6.24. The summed E-state index contributed by atoms with van der Waals surface area (Å²) in [6, 6.07) is 0. The van der Waals surface area contributed by atoms with Gasteiger partial charge in [-0.25, -0.2) is 0 Å². The summed E-state index contributed by atoms with van der Waals surface area (Å²) < 4.78 is 0. The van der Waals surface area contributed by atoms with Crippen LogP contribution in [0.5, 0.6) is 0 Å². The van der Waals surface area contributed by atoms with E-state index in [-0.39, 0.29) is 0 Å². The van der Waals surface area contributed by atoms with Gasteiger partial charge in [-0.15, -0.1) is 0 Å². The molecule has 0 bridgehead atoms. The van der Waals surface area contributed by atoms with Crippen LogP contribution < -0.4 is 0 Å². The summed E-state index contributed by atoms with van der Waals surface area (Å²) in [5, 5.41) is 4.48. The van der Waals surface area contributed by atoms with Crippen molar-refractivity contribution < 1.29 is 0 Å². The molecule has 3 heteroatoms. The van der Waals surface area contributed by atoms with Gasteiger partial charge in [0, 0.05) is 32.3 Å². The van der Waals surface area contributed by atoms with Crippen molar-refractivity contribution >= 4 is 5.84 Å². The van der Waals surface area contributed by atoms with Crippen LogP contribution in [0.1, 0.15) is 12.8 Å². The molecular weight excluding hydrogens is 138 g/mol. The highest BCUT2D eigenvalue weighted by Gasteiger charge is 2.32. The van der Waals surface area contributed by atoms with Crippen molar-refractivity contribution in [3.63, 3.8) is 0 Å². The Morgan fingerprint density at radius 1 is 1.36 bits per heavy atom. The zero-order valence-corrected chi connectivity index (χ0v) is 6.88. The Hall–Kier alpha value is -0.990. The molecule has 0 aromatic heterocycles. The minimum absolute atomic E-state index is 0.941. The molecule has 60 valence electrons. The molecular formula is C8H13N3. The molecule has 0 radical (unpaired) electrons. The van der Waals surface area contributed by atoms with E-state index in [1.807, 2.05) is 7.05 Å². The summed E-state index contributed by atoms with van der Waals surface area (Å²) >= 11 is 0. The second-order valence-corrected chi connectivity index (χ2v) is 2.98. The van der Waals surface area contributed by atoms with Gasteiger partial charge in [0.15, 0.2) is 0 Å². The van der Waals surface area contributed by atoms with E-state index in [0.717, 1.165) is 19.5 Å². The first-order chi connectivity index (χ1) is 5.33. The average Bonchev–Trinajstić information content (AvgIpc) is 2.54. The van der Waals surface area contributed by atoms with Crippen molar-refractivity contribution in [2.24, 2.45) is 4.99 Å². The van der Waals surface area contributed by atoms with Crippen LogP contribution in [0.4, 0.5) is 0 Å². The van der Waals surface area contributed by atoms with Crippen molar-refractivity contribution in [3.8, 4) is 0 Å². The third kappa shape index (κ3) is 0.836. The third-order valence-electron chi connectivity index (χ3n) is 2.31. The van der Waals surface area contributed by atoms with E-state index in [4.69, 9.17) is 0 Å². The van der Waals surface area contributed by atoms with E-state index >= 15 is 0 Å². The number of rotatable bonds is 0. The van der Waals surface area contributed by atoms with Gasteiger partial charge in [0.2, 0.25) is 0 Å². The number of hydrazine groups is 1. The molecule has 2 saturated heterocycles. The van der Waals surface area contributed by atoms with E-state index in [0.29, 0.717) is 0 Å². The fourth-order valence-electron chi connectivity index (χ4n) is 1.77. The first kappa shape index (κ1) is 6.70. The van der Waals surface area contributed by atoms with E-state index in [1.165, 1.54) is 18.0 Å². The van der Waals surface area contributed by atoms with Gasteiger partial charge < -0.3 is 0 Å². The van der Waals surface area contributed by atoms with E-state index < -0.39 is 0 Å². The molecule has 0 aromatic rings. The molecule has 0 aromatic carbocycles. The Morgan fingerprint density at radius 3 is 2.82 bits per heavy atom. The zero-order chi connectivity index (χ0) is 7.84. The van der Waals surface area contributed by atoms with Gasteiger partial charge in [-0.1, -0.05) is 6.58 Å². The van der Waals surface area contributed by atoms with Crippen molar-refractivity contribution in [1.82, 2.24) is 10.0 Å². The smallest absolute Gasteiger partial charge is 0.123 e. The maximum atomic E-state index is 4.22. The standard InChI is InChI=1S/C8H13N3/c1-7-6-8(9-2)11-5-3-4-10(7)11/h1,3-6H2,2H3/b9-8+. The van der Waals surface area contributed by atoms with Gasteiger partial charge in [-0.3, -0.25) is 15.0 Å². The molecule has 2 rings (SSSR count). The largest absolute Gasteiger partial charge is 0.288 e. The van der Waals surface area contributed by atoms with Gasteiger partial charge >= 0.3 is 0 Å². The average molecular weight is 151 g/mol. The highest BCUT2D eigenvalue weighted by Crippen LogP contribution is 2.27. The van der Waals surface area contributed by atoms with Crippen molar-refractivity contribution in [2.45, 2.75) is 12.8 Å². The summed E-state index contributed by atoms with van der Waals surface area (Å²) in [6.07, 6.45) is 2.18. The summed E-state index contributed by atoms with van der Waals surface area (Å²) in [5.74, 6) is 1.17. The zero-order valence-electron chi connectivity index (χ0n) is 6.88. The minimum Gasteiger partial charge on any atom is -0.288 e. The van der Waals surface area contributed by atoms with E-state index in [9.17, 15) is 0 Å². The van der Waals surface area contributed by atoms with Crippen molar-refractivity contribution in [2.75, 3.05) is 20.1 Å². The molecule has 0 saturated carbocycles. The molecule has 0 aliphatic carbocycles. The minimum atomic E-state index is 0.941. The summed E-state index contributed by atoms with van der Waals surface area (Å²) in [5.41, 5.74) is 1.20. The van der Waals surface area contributed by atoms with Crippen LogP contribution in [0.3, 0.4) is 0 Å². The number of nitrogens with zero attached hydrogens (tertiary/aromatic N) is 3. The maximum Gasteiger partial charge on any atom is 0.123 e. The Kier molecular flexibility index (Phi) is 1.37. The van der Waals surface area contributed by atoms with Crippen LogP contribution in [-0.4, -0.2) is 36.0 Å². The summed E-state index contributed by atoms with van der Waals surface area (Å²) in [4.78, 5) is 4.22. The lowest BCUT2D eigenvalue weighted by molar-refractivity contribution is 0.180. The molecule has 0 N–H and O–H groups in total. The number of fused-ring (bicyclic) bond motifs is 1. The molecule has 0 atom stereocenters. The van der Waals surface area contributed by atoms with Crippen LogP contribution in [0.25, 0.3) is 0 Å². The second kappa shape index (κ2) is 2.26. The van der Waals surface area contributed by atoms with Crippen LogP contribution in [0, 0.1) is 0 Å². The van der Waals surface area contributed by atoms with Gasteiger partial charge in [0.1, 0.15) is 5.84 Å². The van der Waals surface area contributed by atoms with Crippen LogP contribution in [0.2, 0.25) is 0 Å². The van der Waals surface area contributed by atoms with Gasteiger partial charge in [-0.05, 0) is 6.42 Å².